The lowest BCUT2D eigenvalue weighted by Crippen LogP contribution is -2.21. The van der Waals surface area contributed by atoms with Gasteiger partial charge in [0, 0.05) is 29.7 Å². The lowest BCUT2D eigenvalue weighted by molar-refractivity contribution is 0.186. The molecule has 146 valence electrons. The average Bonchev–Trinajstić information content (AvgIpc) is 3.33. The van der Waals surface area contributed by atoms with E-state index in [1.165, 1.54) is 0 Å². The lowest BCUT2D eigenvalue weighted by atomic mass is 10.0. The predicted octanol–water partition coefficient (Wildman–Crippen LogP) is 3.86. The van der Waals surface area contributed by atoms with E-state index in [1.54, 1.807) is 47.4 Å². The lowest BCUT2D eigenvalue weighted by Gasteiger charge is -2.13. The first-order valence-corrected chi connectivity index (χ1v) is 9.27. The third-order valence-corrected chi connectivity index (χ3v) is 4.99. The summed E-state index contributed by atoms with van der Waals surface area (Å²) >= 11 is 0. The van der Waals surface area contributed by atoms with E-state index in [4.69, 9.17) is 0 Å². The van der Waals surface area contributed by atoms with Crippen LogP contribution in [0.25, 0.3) is 39.0 Å². The normalized spacial score (nSPS) is 11.1. The fourth-order valence-corrected chi connectivity index (χ4v) is 3.58. The molecular formula is C23H16N4O3. The van der Waals surface area contributed by atoms with Gasteiger partial charge in [0.2, 0.25) is 0 Å². The Kier molecular flexibility index (Phi) is 4.07. The zero-order valence-corrected chi connectivity index (χ0v) is 15.7. The summed E-state index contributed by atoms with van der Waals surface area (Å²) in [5, 5.41) is 25.9. The minimum atomic E-state index is -0.733. The number of rotatable bonds is 3. The summed E-state index contributed by atoms with van der Waals surface area (Å²) in [6.45, 7) is 0. The first-order chi connectivity index (χ1) is 14.6. The van der Waals surface area contributed by atoms with Crippen molar-refractivity contribution >= 4 is 11.0 Å². The standard InChI is InChI=1S/C23H16N4O3/c28-21-18-13-16(17-9-4-5-10-19(17)26-12-6-11-25-26)14-24-22(18)27(30)23(29)20(21)15-7-2-1-3-8-15/h1-14,28,30H. The van der Waals surface area contributed by atoms with Crippen LogP contribution in [0, 0.1) is 0 Å². The number of hydrogen-bond acceptors (Lipinski definition) is 5. The summed E-state index contributed by atoms with van der Waals surface area (Å²) in [5.41, 5.74) is 2.16. The Morgan fingerprint density at radius 3 is 2.43 bits per heavy atom. The van der Waals surface area contributed by atoms with Crippen LogP contribution in [-0.2, 0) is 0 Å². The van der Waals surface area contributed by atoms with Crippen LogP contribution < -0.4 is 5.56 Å². The van der Waals surface area contributed by atoms with E-state index >= 15 is 0 Å². The smallest absolute Gasteiger partial charge is 0.296 e. The summed E-state index contributed by atoms with van der Waals surface area (Å²) in [5.74, 6) is -0.225. The molecule has 0 aliphatic carbocycles. The molecule has 0 unspecified atom stereocenters. The summed E-state index contributed by atoms with van der Waals surface area (Å²) in [4.78, 5) is 16.9. The minimum absolute atomic E-state index is 0.0162. The summed E-state index contributed by atoms with van der Waals surface area (Å²) in [6.07, 6.45) is 5.08. The van der Waals surface area contributed by atoms with Crippen LogP contribution >= 0.6 is 0 Å². The van der Waals surface area contributed by atoms with Gasteiger partial charge in [-0.25, -0.2) is 9.67 Å². The Bertz CT molecular complexity index is 1420. The molecule has 0 atom stereocenters. The zero-order chi connectivity index (χ0) is 20.7. The van der Waals surface area contributed by atoms with Gasteiger partial charge in [0.25, 0.3) is 5.56 Å². The summed E-state index contributed by atoms with van der Waals surface area (Å²) < 4.78 is 2.21. The Hall–Kier alpha value is -4.39. The number of benzene rings is 2. The fraction of sp³-hybridized carbons (Fsp3) is 0. The van der Waals surface area contributed by atoms with Crippen molar-refractivity contribution < 1.29 is 10.3 Å². The second-order valence-electron chi connectivity index (χ2n) is 6.77. The molecule has 0 radical (unpaired) electrons. The molecule has 2 N–H and O–H groups in total. The quantitative estimate of drug-likeness (QED) is 0.452. The highest BCUT2D eigenvalue weighted by Crippen LogP contribution is 2.35. The molecule has 0 fully saturated rings. The highest BCUT2D eigenvalue weighted by atomic mass is 16.5. The molecule has 5 rings (SSSR count). The van der Waals surface area contributed by atoms with Crippen molar-refractivity contribution in [3.63, 3.8) is 0 Å². The maximum absolute atomic E-state index is 12.7. The van der Waals surface area contributed by atoms with Crippen molar-refractivity contribution in [2.24, 2.45) is 0 Å². The maximum atomic E-state index is 12.7. The van der Waals surface area contributed by atoms with Gasteiger partial charge in [0.1, 0.15) is 5.75 Å². The van der Waals surface area contributed by atoms with Crippen molar-refractivity contribution in [3.05, 3.63) is 95.7 Å². The van der Waals surface area contributed by atoms with Crippen molar-refractivity contribution in [3.8, 4) is 33.7 Å². The average molecular weight is 396 g/mol. The van der Waals surface area contributed by atoms with Crippen LogP contribution in [0.4, 0.5) is 0 Å². The zero-order valence-electron chi connectivity index (χ0n) is 15.7. The molecule has 3 heterocycles. The van der Waals surface area contributed by atoms with E-state index in [0.29, 0.717) is 15.9 Å². The molecule has 0 saturated carbocycles. The molecule has 0 bridgehead atoms. The van der Waals surface area contributed by atoms with Crippen molar-refractivity contribution in [2.45, 2.75) is 0 Å². The number of fused-ring (bicyclic) bond motifs is 1. The second kappa shape index (κ2) is 6.89. The van der Waals surface area contributed by atoms with Gasteiger partial charge in [0.05, 0.1) is 16.6 Å². The molecule has 0 spiro atoms. The van der Waals surface area contributed by atoms with Crippen LogP contribution in [0.1, 0.15) is 0 Å². The first-order valence-electron chi connectivity index (χ1n) is 9.27. The Morgan fingerprint density at radius 1 is 0.900 bits per heavy atom. The van der Waals surface area contributed by atoms with Gasteiger partial charge in [-0.3, -0.25) is 4.79 Å². The molecule has 5 aromatic rings. The van der Waals surface area contributed by atoms with E-state index < -0.39 is 5.56 Å². The third-order valence-electron chi connectivity index (χ3n) is 4.99. The van der Waals surface area contributed by atoms with Crippen LogP contribution in [0.15, 0.2) is 90.1 Å². The van der Waals surface area contributed by atoms with E-state index in [0.717, 1.165) is 11.3 Å². The number of pyridine rings is 2. The third kappa shape index (κ3) is 2.72. The van der Waals surface area contributed by atoms with Gasteiger partial charge >= 0.3 is 0 Å². The largest absolute Gasteiger partial charge is 0.506 e. The number of aromatic nitrogens is 4. The number of nitrogens with zero attached hydrogens (tertiary/aromatic N) is 4. The summed E-state index contributed by atoms with van der Waals surface area (Å²) in [6, 6.07) is 19.9. The van der Waals surface area contributed by atoms with Crippen molar-refractivity contribution in [1.82, 2.24) is 19.5 Å². The van der Waals surface area contributed by atoms with E-state index in [9.17, 15) is 15.1 Å². The van der Waals surface area contributed by atoms with Crippen LogP contribution in [0.3, 0.4) is 0 Å². The summed E-state index contributed by atoms with van der Waals surface area (Å²) in [7, 11) is 0. The molecule has 0 aliphatic rings. The van der Waals surface area contributed by atoms with Crippen LogP contribution in [0.5, 0.6) is 5.75 Å². The maximum Gasteiger partial charge on any atom is 0.296 e. The second-order valence-corrected chi connectivity index (χ2v) is 6.77. The molecule has 3 aromatic heterocycles. The van der Waals surface area contributed by atoms with Crippen LogP contribution in [0.2, 0.25) is 0 Å². The Morgan fingerprint density at radius 2 is 1.67 bits per heavy atom. The van der Waals surface area contributed by atoms with Crippen molar-refractivity contribution in [1.29, 1.82) is 0 Å². The Balaban J connectivity index is 1.78. The van der Waals surface area contributed by atoms with E-state index in [1.807, 2.05) is 42.6 Å². The number of hydrogen-bond donors (Lipinski definition) is 2. The van der Waals surface area contributed by atoms with Crippen molar-refractivity contribution in [2.75, 3.05) is 0 Å². The number of aromatic hydroxyl groups is 1. The van der Waals surface area contributed by atoms with Gasteiger partial charge in [-0.2, -0.15) is 5.10 Å². The molecule has 0 amide bonds. The predicted molar refractivity (Wildman–Crippen MR) is 113 cm³/mol. The van der Waals surface area contributed by atoms with Gasteiger partial charge in [0.15, 0.2) is 5.65 Å². The molecule has 0 saturated heterocycles. The topological polar surface area (TPSA) is 93.2 Å². The number of para-hydroxylation sites is 1. The van der Waals surface area contributed by atoms with Gasteiger partial charge in [-0.1, -0.05) is 48.5 Å². The molecule has 7 nitrogen and oxygen atoms in total. The van der Waals surface area contributed by atoms with E-state index in [-0.39, 0.29) is 22.3 Å². The molecule has 2 aromatic carbocycles. The highest BCUT2D eigenvalue weighted by Gasteiger charge is 2.19. The van der Waals surface area contributed by atoms with E-state index in [2.05, 4.69) is 10.1 Å². The van der Waals surface area contributed by atoms with Crippen LogP contribution in [-0.4, -0.2) is 29.8 Å². The minimum Gasteiger partial charge on any atom is -0.506 e. The monoisotopic (exact) mass is 396 g/mol. The first kappa shape index (κ1) is 17.7. The Labute approximate surface area is 170 Å². The van der Waals surface area contributed by atoms with Gasteiger partial charge in [-0.15, -0.1) is 4.73 Å². The fourth-order valence-electron chi connectivity index (χ4n) is 3.58. The molecule has 7 heteroatoms. The molecular weight excluding hydrogens is 380 g/mol. The highest BCUT2D eigenvalue weighted by molar-refractivity contribution is 5.93. The van der Waals surface area contributed by atoms with Gasteiger partial charge in [-0.05, 0) is 23.8 Å². The molecule has 30 heavy (non-hydrogen) atoms. The molecule has 0 aliphatic heterocycles. The van der Waals surface area contributed by atoms with Gasteiger partial charge < -0.3 is 10.3 Å². The SMILES string of the molecule is O=c1c(-c2ccccc2)c(O)c2cc(-c3ccccc3-n3cccn3)cnc2n1O.